The Labute approximate surface area is 110 Å². The molecule has 0 amide bonds. The molecule has 0 bridgehead atoms. The number of aryl methyl sites for hydroxylation is 1. The van der Waals surface area contributed by atoms with Crippen LogP contribution in [0.2, 0.25) is 0 Å². The predicted octanol–water partition coefficient (Wildman–Crippen LogP) is 3.81. The van der Waals surface area contributed by atoms with Gasteiger partial charge in [-0.3, -0.25) is 0 Å². The maximum absolute atomic E-state index is 3.27. The van der Waals surface area contributed by atoms with E-state index in [1.54, 1.807) is 0 Å². The Morgan fingerprint density at radius 3 is 1.89 bits per heavy atom. The van der Waals surface area contributed by atoms with E-state index in [4.69, 9.17) is 0 Å². The van der Waals surface area contributed by atoms with E-state index >= 15 is 0 Å². The minimum atomic E-state index is 0.523. The summed E-state index contributed by atoms with van der Waals surface area (Å²) in [5, 5.41) is 3.27. The smallest absolute Gasteiger partial charge is 0.00761 e. The van der Waals surface area contributed by atoms with Crippen molar-refractivity contribution in [2.24, 2.45) is 0 Å². The summed E-state index contributed by atoms with van der Waals surface area (Å²) in [6.07, 6.45) is 1.07. The highest BCUT2D eigenvalue weighted by Gasteiger charge is 2.01. The lowest BCUT2D eigenvalue weighted by molar-refractivity contribution is 0.608. The molecule has 0 aromatic heterocycles. The van der Waals surface area contributed by atoms with Crippen LogP contribution < -0.4 is 5.32 Å². The Morgan fingerprint density at radius 1 is 0.889 bits per heavy atom. The van der Waals surface area contributed by atoms with Crippen molar-refractivity contribution in [2.45, 2.75) is 26.3 Å². The third kappa shape index (κ3) is 3.21. The number of rotatable bonds is 4. The number of hydrogen-bond acceptors (Lipinski definition) is 1. The normalized spacial score (nSPS) is 12.4. The molecule has 94 valence electrons. The van der Waals surface area contributed by atoms with Gasteiger partial charge in [-0.15, -0.1) is 0 Å². The van der Waals surface area contributed by atoms with E-state index in [1.165, 1.54) is 22.3 Å². The third-order valence-corrected chi connectivity index (χ3v) is 3.37. The Hall–Kier alpha value is -1.60. The second-order valence-electron chi connectivity index (χ2n) is 4.96. The SMILES string of the molecule is CNC(C)Cc1ccc(-c2ccc(C)cc2)cc1. The van der Waals surface area contributed by atoms with Gasteiger partial charge in [-0.25, -0.2) is 0 Å². The van der Waals surface area contributed by atoms with Crippen LogP contribution in [0.1, 0.15) is 18.1 Å². The largest absolute Gasteiger partial charge is 0.317 e. The first-order valence-corrected chi connectivity index (χ1v) is 6.52. The number of hydrogen-bond donors (Lipinski definition) is 1. The summed E-state index contributed by atoms with van der Waals surface area (Å²) in [7, 11) is 2.01. The summed E-state index contributed by atoms with van der Waals surface area (Å²) < 4.78 is 0. The molecule has 1 heteroatoms. The fraction of sp³-hybridized carbons (Fsp3) is 0.294. The third-order valence-electron chi connectivity index (χ3n) is 3.37. The molecule has 0 heterocycles. The van der Waals surface area contributed by atoms with Crippen LogP contribution in [-0.4, -0.2) is 13.1 Å². The lowest BCUT2D eigenvalue weighted by atomic mass is 10.0. The molecule has 0 aliphatic heterocycles. The van der Waals surface area contributed by atoms with E-state index in [-0.39, 0.29) is 0 Å². The van der Waals surface area contributed by atoms with E-state index in [0.29, 0.717) is 6.04 Å². The van der Waals surface area contributed by atoms with Crippen molar-refractivity contribution in [3.05, 3.63) is 59.7 Å². The minimum absolute atomic E-state index is 0.523. The highest BCUT2D eigenvalue weighted by molar-refractivity contribution is 5.63. The monoisotopic (exact) mass is 239 g/mol. The molecule has 1 nitrogen and oxygen atoms in total. The lowest BCUT2D eigenvalue weighted by Crippen LogP contribution is -2.23. The van der Waals surface area contributed by atoms with Crippen LogP contribution in [0, 0.1) is 6.92 Å². The zero-order chi connectivity index (χ0) is 13.0. The van der Waals surface area contributed by atoms with Crippen LogP contribution in [0.25, 0.3) is 11.1 Å². The summed E-state index contributed by atoms with van der Waals surface area (Å²) in [6, 6.07) is 18.1. The summed E-state index contributed by atoms with van der Waals surface area (Å²) in [4.78, 5) is 0. The van der Waals surface area contributed by atoms with Gasteiger partial charge in [0.15, 0.2) is 0 Å². The van der Waals surface area contributed by atoms with Crippen LogP contribution in [0.4, 0.5) is 0 Å². The lowest BCUT2D eigenvalue weighted by Gasteiger charge is -2.10. The molecule has 0 saturated heterocycles. The van der Waals surface area contributed by atoms with Crippen LogP contribution >= 0.6 is 0 Å². The van der Waals surface area contributed by atoms with Gasteiger partial charge in [0.2, 0.25) is 0 Å². The van der Waals surface area contributed by atoms with Gasteiger partial charge >= 0.3 is 0 Å². The molecule has 1 N–H and O–H groups in total. The quantitative estimate of drug-likeness (QED) is 0.855. The van der Waals surface area contributed by atoms with Crippen LogP contribution in [-0.2, 0) is 6.42 Å². The predicted molar refractivity (Wildman–Crippen MR) is 78.8 cm³/mol. The molecular formula is C17H21N. The van der Waals surface area contributed by atoms with Crippen molar-refractivity contribution in [1.82, 2.24) is 5.32 Å². The van der Waals surface area contributed by atoms with Gasteiger partial charge < -0.3 is 5.32 Å². The van der Waals surface area contributed by atoms with Crippen molar-refractivity contribution in [3.8, 4) is 11.1 Å². The van der Waals surface area contributed by atoms with Gasteiger partial charge in [0.25, 0.3) is 0 Å². The fourth-order valence-electron chi connectivity index (χ4n) is 2.03. The van der Waals surface area contributed by atoms with Gasteiger partial charge in [-0.1, -0.05) is 54.1 Å². The second-order valence-corrected chi connectivity index (χ2v) is 4.96. The zero-order valence-electron chi connectivity index (χ0n) is 11.4. The van der Waals surface area contributed by atoms with Gasteiger partial charge in [0, 0.05) is 6.04 Å². The molecule has 2 aromatic carbocycles. The first-order chi connectivity index (χ1) is 8.69. The highest BCUT2D eigenvalue weighted by Crippen LogP contribution is 2.20. The van der Waals surface area contributed by atoms with Crippen molar-refractivity contribution < 1.29 is 0 Å². The molecule has 0 radical (unpaired) electrons. The average molecular weight is 239 g/mol. The van der Waals surface area contributed by atoms with Crippen LogP contribution in [0.5, 0.6) is 0 Å². The van der Waals surface area contributed by atoms with E-state index in [9.17, 15) is 0 Å². The topological polar surface area (TPSA) is 12.0 Å². The summed E-state index contributed by atoms with van der Waals surface area (Å²) in [5.41, 5.74) is 5.26. The number of benzene rings is 2. The number of likely N-dealkylation sites (N-methyl/N-ethyl adjacent to an activating group) is 1. The second kappa shape index (κ2) is 5.83. The molecule has 0 saturated carbocycles. The first-order valence-electron chi connectivity index (χ1n) is 6.52. The zero-order valence-corrected chi connectivity index (χ0v) is 11.4. The Bertz CT molecular complexity index is 482. The van der Waals surface area contributed by atoms with E-state index in [0.717, 1.165) is 6.42 Å². The summed E-state index contributed by atoms with van der Waals surface area (Å²) in [6.45, 7) is 4.32. The maximum atomic E-state index is 3.27. The first kappa shape index (κ1) is 12.8. The molecule has 0 aliphatic carbocycles. The van der Waals surface area contributed by atoms with Crippen LogP contribution in [0.15, 0.2) is 48.5 Å². The number of nitrogens with one attached hydrogen (secondary N) is 1. The van der Waals surface area contributed by atoms with Gasteiger partial charge in [-0.2, -0.15) is 0 Å². The molecule has 0 spiro atoms. The molecule has 2 rings (SSSR count). The summed E-state index contributed by atoms with van der Waals surface area (Å²) in [5.74, 6) is 0. The molecule has 2 aromatic rings. The minimum Gasteiger partial charge on any atom is -0.317 e. The standard InChI is InChI=1S/C17H21N/c1-13-4-8-16(9-5-13)17-10-6-15(7-11-17)12-14(2)18-3/h4-11,14,18H,12H2,1-3H3. The molecule has 0 aliphatic rings. The van der Waals surface area contributed by atoms with E-state index in [2.05, 4.69) is 67.7 Å². The van der Waals surface area contributed by atoms with Crippen molar-refractivity contribution in [3.63, 3.8) is 0 Å². The average Bonchev–Trinajstić information content (AvgIpc) is 2.40. The van der Waals surface area contributed by atoms with Gasteiger partial charge in [-0.05, 0) is 44.0 Å². The Balaban J connectivity index is 2.14. The van der Waals surface area contributed by atoms with Gasteiger partial charge in [0.1, 0.15) is 0 Å². The Morgan fingerprint density at radius 2 is 1.39 bits per heavy atom. The van der Waals surface area contributed by atoms with E-state index in [1.807, 2.05) is 7.05 Å². The molecular weight excluding hydrogens is 218 g/mol. The highest BCUT2D eigenvalue weighted by atomic mass is 14.8. The molecule has 0 fully saturated rings. The van der Waals surface area contributed by atoms with Crippen molar-refractivity contribution >= 4 is 0 Å². The van der Waals surface area contributed by atoms with E-state index < -0.39 is 0 Å². The molecule has 1 atom stereocenters. The maximum Gasteiger partial charge on any atom is 0.00761 e. The summed E-state index contributed by atoms with van der Waals surface area (Å²) >= 11 is 0. The van der Waals surface area contributed by atoms with Crippen molar-refractivity contribution in [1.29, 1.82) is 0 Å². The molecule has 1 unspecified atom stereocenters. The van der Waals surface area contributed by atoms with Crippen LogP contribution in [0.3, 0.4) is 0 Å². The molecule has 18 heavy (non-hydrogen) atoms. The fourth-order valence-corrected chi connectivity index (χ4v) is 2.03. The van der Waals surface area contributed by atoms with Crippen molar-refractivity contribution in [2.75, 3.05) is 7.05 Å². The Kier molecular flexibility index (Phi) is 4.16. The van der Waals surface area contributed by atoms with Gasteiger partial charge in [0.05, 0.1) is 0 Å².